The smallest absolute Gasteiger partial charge is 0.119 e. The Labute approximate surface area is 225 Å². The molecule has 0 bridgehead atoms. The molecule has 0 aromatic heterocycles. The summed E-state index contributed by atoms with van der Waals surface area (Å²) in [7, 11) is 0. The lowest BCUT2D eigenvalue weighted by atomic mass is 9.67. The van der Waals surface area contributed by atoms with Gasteiger partial charge in [0.1, 0.15) is 5.75 Å². The van der Waals surface area contributed by atoms with Gasteiger partial charge in [0.2, 0.25) is 0 Å². The summed E-state index contributed by atoms with van der Waals surface area (Å²) in [5.41, 5.74) is 3.79. The van der Waals surface area contributed by atoms with Crippen LogP contribution in [0, 0.1) is 34.0 Å². The van der Waals surface area contributed by atoms with Crippen LogP contribution in [-0.4, -0.2) is 6.61 Å². The van der Waals surface area contributed by atoms with Gasteiger partial charge in [0.05, 0.1) is 24.2 Å². The van der Waals surface area contributed by atoms with Gasteiger partial charge in [-0.2, -0.15) is 10.5 Å². The molecule has 0 saturated heterocycles. The zero-order chi connectivity index (χ0) is 26.3. The van der Waals surface area contributed by atoms with E-state index in [-0.39, 0.29) is 11.3 Å². The first-order chi connectivity index (χ1) is 18.1. The molecule has 0 spiro atoms. The Hall–Kier alpha value is -2.78. The third-order valence-electron chi connectivity index (χ3n) is 8.28. The van der Waals surface area contributed by atoms with Gasteiger partial charge in [-0.1, -0.05) is 88.3 Å². The van der Waals surface area contributed by atoms with Crippen LogP contribution in [0.15, 0.2) is 48.5 Å². The number of unbranched alkanes of at least 4 members (excludes halogenated alkanes) is 6. The highest BCUT2D eigenvalue weighted by atomic mass is 16.5. The lowest BCUT2D eigenvalue weighted by molar-refractivity contribution is 0.223. The molecule has 0 amide bonds. The summed E-state index contributed by atoms with van der Waals surface area (Å²) in [6.07, 6.45) is 15.9. The fourth-order valence-electron chi connectivity index (χ4n) is 5.66. The van der Waals surface area contributed by atoms with E-state index >= 15 is 0 Å². The number of ether oxygens (including phenoxy) is 1. The molecule has 0 aliphatic heterocycles. The Morgan fingerprint density at radius 1 is 0.838 bits per heavy atom. The first kappa shape index (κ1) is 28.8. The van der Waals surface area contributed by atoms with Crippen LogP contribution in [0.25, 0.3) is 11.1 Å². The highest BCUT2D eigenvalue weighted by molar-refractivity contribution is 5.64. The van der Waals surface area contributed by atoms with Crippen molar-refractivity contribution in [2.75, 3.05) is 6.61 Å². The van der Waals surface area contributed by atoms with E-state index in [0.717, 1.165) is 70.1 Å². The summed E-state index contributed by atoms with van der Waals surface area (Å²) in [6, 6.07) is 22.5. The van der Waals surface area contributed by atoms with Gasteiger partial charge >= 0.3 is 0 Å². The van der Waals surface area contributed by atoms with Crippen LogP contribution in [0.5, 0.6) is 5.75 Å². The number of nitrogens with zero attached hydrogens (tertiary/aromatic N) is 2. The summed E-state index contributed by atoms with van der Waals surface area (Å²) >= 11 is 0. The van der Waals surface area contributed by atoms with E-state index in [0.29, 0.717) is 5.92 Å². The molecule has 1 fully saturated rings. The maximum Gasteiger partial charge on any atom is 0.119 e. The Kier molecular flexibility index (Phi) is 12.0. The Morgan fingerprint density at radius 2 is 1.46 bits per heavy atom. The normalized spacial score (nSPS) is 20.1. The van der Waals surface area contributed by atoms with Crippen LogP contribution >= 0.6 is 0 Å². The van der Waals surface area contributed by atoms with Crippen molar-refractivity contribution in [3.8, 4) is 29.0 Å². The van der Waals surface area contributed by atoms with Gasteiger partial charge in [-0.15, -0.1) is 0 Å². The second kappa shape index (κ2) is 15.5. The lowest BCUT2D eigenvalue weighted by Gasteiger charge is -2.35. The van der Waals surface area contributed by atoms with Gasteiger partial charge in [0, 0.05) is 5.92 Å². The van der Waals surface area contributed by atoms with Gasteiger partial charge in [0.25, 0.3) is 0 Å². The molecule has 198 valence electrons. The standard InChI is InChI=1S/C34H46N2O/c1-3-4-5-9-22-34(27-36)23-20-32(21-24-34)30-14-12-29(13-15-30)31-16-18-33(19-17-31)37-25-10-7-6-8-11-28(2)26-35/h12-19,28,32H,3-11,20-25H2,1-2H3/t28-,32-,34-/m1/s1. The molecule has 0 N–H and O–H groups in total. The molecule has 1 atom stereocenters. The summed E-state index contributed by atoms with van der Waals surface area (Å²) in [6.45, 7) is 4.98. The molecule has 37 heavy (non-hydrogen) atoms. The van der Waals surface area contributed by atoms with Crippen molar-refractivity contribution in [1.29, 1.82) is 10.5 Å². The summed E-state index contributed by atoms with van der Waals surface area (Å²) in [4.78, 5) is 0. The second-order valence-corrected chi connectivity index (χ2v) is 11.2. The monoisotopic (exact) mass is 498 g/mol. The molecule has 2 aromatic carbocycles. The van der Waals surface area contributed by atoms with E-state index in [1.54, 1.807) is 0 Å². The van der Waals surface area contributed by atoms with Crippen molar-refractivity contribution in [3.05, 3.63) is 54.1 Å². The Morgan fingerprint density at radius 3 is 2.08 bits per heavy atom. The van der Waals surface area contributed by atoms with E-state index < -0.39 is 0 Å². The average Bonchev–Trinajstić information content (AvgIpc) is 2.95. The topological polar surface area (TPSA) is 56.8 Å². The summed E-state index contributed by atoms with van der Waals surface area (Å²) < 4.78 is 5.93. The number of hydrogen-bond acceptors (Lipinski definition) is 3. The van der Waals surface area contributed by atoms with Crippen LogP contribution < -0.4 is 4.74 Å². The summed E-state index contributed by atoms with van der Waals surface area (Å²) in [5, 5.41) is 18.7. The van der Waals surface area contributed by atoms with E-state index in [1.165, 1.54) is 48.8 Å². The van der Waals surface area contributed by atoms with Gasteiger partial charge in [-0.3, -0.25) is 0 Å². The molecule has 1 aliphatic carbocycles. The van der Waals surface area contributed by atoms with Crippen LogP contribution in [0.2, 0.25) is 0 Å². The van der Waals surface area contributed by atoms with Crippen LogP contribution in [0.1, 0.15) is 115 Å². The summed E-state index contributed by atoms with van der Waals surface area (Å²) in [5.74, 6) is 1.68. The maximum absolute atomic E-state index is 9.88. The quantitative estimate of drug-likeness (QED) is 0.229. The van der Waals surface area contributed by atoms with Crippen molar-refractivity contribution in [1.82, 2.24) is 0 Å². The van der Waals surface area contributed by atoms with Gasteiger partial charge in [0.15, 0.2) is 0 Å². The van der Waals surface area contributed by atoms with Crippen molar-refractivity contribution in [2.45, 2.75) is 110 Å². The Balaban J connectivity index is 1.41. The number of nitriles is 2. The third kappa shape index (κ3) is 9.23. The third-order valence-corrected chi connectivity index (χ3v) is 8.28. The molecule has 3 rings (SSSR count). The van der Waals surface area contributed by atoms with Crippen molar-refractivity contribution in [3.63, 3.8) is 0 Å². The fourth-order valence-corrected chi connectivity index (χ4v) is 5.66. The van der Waals surface area contributed by atoms with Crippen LogP contribution in [0.3, 0.4) is 0 Å². The second-order valence-electron chi connectivity index (χ2n) is 11.2. The number of hydrogen-bond donors (Lipinski definition) is 0. The fraction of sp³-hybridized carbons (Fsp3) is 0.588. The predicted molar refractivity (Wildman–Crippen MR) is 153 cm³/mol. The minimum atomic E-state index is -0.0786. The van der Waals surface area contributed by atoms with Crippen molar-refractivity contribution >= 4 is 0 Å². The van der Waals surface area contributed by atoms with Gasteiger partial charge in [-0.25, -0.2) is 0 Å². The minimum Gasteiger partial charge on any atom is -0.494 e. The molecule has 0 radical (unpaired) electrons. The molecule has 1 aliphatic rings. The lowest BCUT2D eigenvalue weighted by Crippen LogP contribution is -2.25. The zero-order valence-corrected chi connectivity index (χ0v) is 23.2. The van der Waals surface area contributed by atoms with E-state index in [9.17, 15) is 5.26 Å². The molecule has 3 heteroatoms. The molecule has 3 nitrogen and oxygen atoms in total. The molecular formula is C34H46N2O. The van der Waals surface area contributed by atoms with Crippen LogP contribution in [-0.2, 0) is 0 Å². The largest absolute Gasteiger partial charge is 0.494 e. The van der Waals surface area contributed by atoms with Crippen LogP contribution in [0.4, 0.5) is 0 Å². The SMILES string of the molecule is CCCCCC[C@]1(C#N)CC[C@H](c2ccc(-c3ccc(OCCCCCC[C@@H](C)C#N)cc3)cc2)CC1. The highest BCUT2D eigenvalue weighted by Crippen LogP contribution is 2.45. The van der Waals surface area contributed by atoms with E-state index in [2.05, 4.69) is 67.6 Å². The molecule has 2 aromatic rings. The van der Waals surface area contributed by atoms with E-state index in [1.807, 2.05) is 6.92 Å². The highest BCUT2D eigenvalue weighted by Gasteiger charge is 2.35. The first-order valence-electron chi connectivity index (χ1n) is 14.7. The number of rotatable bonds is 15. The van der Waals surface area contributed by atoms with Crippen molar-refractivity contribution in [2.24, 2.45) is 11.3 Å². The van der Waals surface area contributed by atoms with Gasteiger partial charge < -0.3 is 4.74 Å². The van der Waals surface area contributed by atoms with Crippen molar-refractivity contribution < 1.29 is 4.74 Å². The Bertz CT molecular complexity index is 988. The van der Waals surface area contributed by atoms with Gasteiger partial charge in [-0.05, 0) is 86.6 Å². The minimum absolute atomic E-state index is 0.0786. The number of benzene rings is 2. The maximum atomic E-state index is 9.88. The average molecular weight is 499 g/mol. The molecule has 0 heterocycles. The van der Waals surface area contributed by atoms with E-state index in [4.69, 9.17) is 10.00 Å². The molecule has 0 unspecified atom stereocenters. The zero-order valence-electron chi connectivity index (χ0n) is 23.2. The first-order valence-corrected chi connectivity index (χ1v) is 14.7. The predicted octanol–water partition coefficient (Wildman–Crippen LogP) is 9.98. The molecular weight excluding hydrogens is 452 g/mol. The molecule has 1 saturated carbocycles.